The molecule has 0 saturated heterocycles. The SMILES string of the molecule is C#CCOc1ccc(/C=c2\sc3n(c2=O)[C@H](c2ccc(OCC(=O)OC)c(OCC)c2)C(C(=O)OCC)=C(C)N=3)cc1I. The Hall–Kier alpha value is -4.09. The summed E-state index contributed by atoms with van der Waals surface area (Å²) < 4.78 is 29.8. The van der Waals surface area contributed by atoms with E-state index in [-0.39, 0.29) is 31.0 Å². The summed E-state index contributed by atoms with van der Waals surface area (Å²) in [6.07, 6.45) is 7.07. The molecule has 0 unspecified atom stereocenters. The minimum atomic E-state index is -0.856. The summed E-state index contributed by atoms with van der Waals surface area (Å²) in [5.41, 5.74) is 1.70. The van der Waals surface area contributed by atoms with Crippen LogP contribution in [0.4, 0.5) is 0 Å². The molecule has 10 nitrogen and oxygen atoms in total. The topological polar surface area (TPSA) is 115 Å². The molecular formula is C31H29IN2O8S. The van der Waals surface area contributed by atoms with E-state index in [1.54, 1.807) is 44.2 Å². The number of hydrogen-bond acceptors (Lipinski definition) is 10. The van der Waals surface area contributed by atoms with Gasteiger partial charge in [-0.3, -0.25) is 9.36 Å². The number of nitrogens with zero attached hydrogens (tertiary/aromatic N) is 2. The van der Waals surface area contributed by atoms with E-state index in [1.165, 1.54) is 23.0 Å². The maximum Gasteiger partial charge on any atom is 0.343 e. The van der Waals surface area contributed by atoms with Gasteiger partial charge in [-0.15, -0.1) is 6.42 Å². The van der Waals surface area contributed by atoms with Crippen molar-refractivity contribution in [2.75, 3.05) is 33.5 Å². The Morgan fingerprint density at radius 3 is 2.53 bits per heavy atom. The first-order valence-corrected chi connectivity index (χ1v) is 15.1. The third-order valence-electron chi connectivity index (χ3n) is 6.24. The average molecular weight is 717 g/mol. The number of ether oxygens (including phenoxy) is 5. The van der Waals surface area contributed by atoms with E-state index in [2.05, 4.69) is 38.2 Å². The van der Waals surface area contributed by atoms with Gasteiger partial charge in [0.1, 0.15) is 12.4 Å². The van der Waals surface area contributed by atoms with Crippen molar-refractivity contribution in [1.82, 2.24) is 4.57 Å². The molecular weight excluding hydrogens is 687 g/mol. The molecule has 2 heterocycles. The highest BCUT2D eigenvalue weighted by atomic mass is 127. The Labute approximate surface area is 265 Å². The van der Waals surface area contributed by atoms with Crippen LogP contribution in [0.25, 0.3) is 6.08 Å². The number of aromatic nitrogens is 1. The van der Waals surface area contributed by atoms with Crippen molar-refractivity contribution in [3.05, 3.63) is 82.1 Å². The largest absolute Gasteiger partial charge is 0.490 e. The number of allylic oxidation sites excluding steroid dienone is 1. The first-order chi connectivity index (χ1) is 20.7. The second kappa shape index (κ2) is 14.4. The number of fused-ring (bicyclic) bond motifs is 1. The number of methoxy groups -OCH3 is 1. The van der Waals surface area contributed by atoms with Gasteiger partial charge in [0.05, 0.1) is 45.7 Å². The zero-order chi connectivity index (χ0) is 31.1. The Bertz CT molecular complexity index is 1800. The van der Waals surface area contributed by atoms with Crippen LogP contribution in [-0.2, 0) is 19.1 Å². The number of esters is 2. The maximum absolute atomic E-state index is 14.0. The summed E-state index contributed by atoms with van der Waals surface area (Å²) in [7, 11) is 1.27. The Morgan fingerprint density at radius 1 is 1.09 bits per heavy atom. The monoisotopic (exact) mass is 716 g/mol. The zero-order valence-corrected chi connectivity index (χ0v) is 26.9. The Kier molecular flexibility index (Phi) is 10.7. The standard InChI is InChI=1S/C31H29IN2O8S/c1-6-13-41-22-11-9-19(14-21(22)32)15-25-29(36)34-28(27(30(37)40-8-3)18(4)33-31(34)43-25)20-10-12-23(24(16-20)39-7-2)42-17-26(35)38-5/h1,9-12,14-16,28H,7-8,13,17H2,2-5H3/b25-15-/t28-/m1/s1. The number of benzene rings is 2. The first-order valence-electron chi connectivity index (χ1n) is 13.2. The zero-order valence-electron chi connectivity index (χ0n) is 24.0. The summed E-state index contributed by atoms with van der Waals surface area (Å²) in [6.45, 7) is 5.54. The van der Waals surface area contributed by atoms with E-state index in [9.17, 15) is 14.4 Å². The highest BCUT2D eigenvalue weighted by Gasteiger charge is 2.34. The average Bonchev–Trinajstić information content (AvgIpc) is 3.29. The van der Waals surface area contributed by atoms with Crippen molar-refractivity contribution in [1.29, 1.82) is 0 Å². The van der Waals surface area contributed by atoms with Crippen LogP contribution in [0.1, 0.15) is 37.9 Å². The number of thiazole rings is 1. The van der Waals surface area contributed by atoms with Gasteiger partial charge in [-0.1, -0.05) is 29.4 Å². The predicted octanol–water partition coefficient (Wildman–Crippen LogP) is 3.37. The van der Waals surface area contributed by atoms with E-state index >= 15 is 0 Å². The lowest BCUT2D eigenvalue weighted by molar-refractivity contribution is -0.143. The number of halogens is 1. The second-order valence-electron chi connectivity index (χ2n) is 8.99. The molecule has 4 rings (SSSR count). The van der Waals surface area contributed by atoms with E-state index < -0.39 is 18.0 Å². The molecule has 224 valence electrons. The lowest BCUT2D eigenvalue weighted by Gasteiger charge is -2.25. The Morgan fingerprint density at radius 2 is 1.86 bits per heavy atom. The van der Waals surface area contributed by atoms with E-state index in [0.29, 0.717) is 44.4 Å². The van der Waals surface area contributed by atoms with E-state index in [0.717, 1.165) is 9.13 Å². The molecule has 1 aliphatic heterocycles. The van der Waals surface area contributed by atoms with Crippen LogP contribution in [0.15, 0.2) is 57.5 Å². The van der Waals surface area contributed by atoms with Crippen molar-refractivity contribution in [2.45, 2.75) is 26.8 Å². The molecule has 0 spiro atoms. The van der Waals surface area contributed by atoms with Crippen LogP contribution < -0.4 is 29.1 Å². The molecule has 1 aliphatic rings. The van der Waals surface area contributed by atoms with Crippen LogP contribution >= 0.6 is 33.9 Å². The van der Waals surface area contributed by atoms with Gasteiger partial charge in [0.25, 0.3) is 5.56 Å². The van der Waals surface area contributed by atoms with Gasteiger partial charge >= 0.3 is 11.9 Å². The number of hydrogen-bond donors (Lipinski definition) is 0. The van der Waals surface area contributed by atoms with Crippen LogP contribution in [-0.4, -0.2) is 50.0 Å². The summed E-state index contributed by atoms with van der Waals surface area (Å²) in [6, 6.07) is 9.69. The third-order valence-corrected chi connectivity index (χ3v) is 8.06. The smallest absolute Gasteiger partial charge is 0.343 e. The fourth-order valence-corrected chi connectivity index (χ4v) is 6.12. The number of rotatable bonds is 11. The summed E-state index contributed by atoms with van der Waals surface area (Å²) in [5.74, 6) is 2.61. The normalized spacial score (nSPS) is 14.3. The molecule has 0 amide bonds. The molecule has 0 N–H and O–H groups in total. The predicted molar refractivity (Wildman–Crippen MR) is 169 cm³/mol. The minimum Gasteiger partial charge on any atom is -0.490 e. The van der Waals surface area contributed by atoms with Gasteiger partial charge in [-0.25, -0.2) is 14.6 Å². The maximum atomic E-state index is 14.0. The van der Waals surface area contributed by atoms with Gasteiger partial charge in [0.15, 0.2) is 22.9 Å². The molecule has 1 aromatic heterocycles. The first kappa shape index (κ1) is 31.8. The molecule has 12 heteroatoms. The van der Waals surface area contributed by atoms with Crippen molar-refractivity contribution in [3.8, 4) is 29.6 Å². The number of carbonyl (C=O) groups excluding carboxylic acids is 2. The minimum absolute atomic E-state index is 0.150. The molecule has 2 aromatic carbocycles. The Balaban J connectivity index is 1.86. The van der Waals surface area contributed by atoms with Crippen LogP contribution in [0, 0.1) is 15.9 Å². The molecule has 1 atom stereocenters. The molecule has 0 aliphatic carbocycles. The summed E-state index contributed by atoms with van der Waals surface area (Å²) >= 11 is 3.37. The van der Waals surface area contributed by atoms with Gasteiger partial charge in [0.2, 0.25) is 0 Å². The molecule has 0 radical (unpaired) electrons. The van der Waals surface area contributed by atoms with Crippen LogP contribution in [0.5, 0.6) is 17.2 Å². The lowest BCUT2D eigenvalue weighted by Crippen LogP contribution is -2.40. The van der Waals surface area contributed by atoms with Gasteiger partial charge in [-0.2, -0.15) is 0 Å². The van der Waals surface area contributed by atoms with Crippen LogP contribution in [0.3, 0.4) is 0 Å². The molecule has 0 fully saturated rings. The molecule has 0 saturated carbocycles. The van der Waals surface area contributed by atoms with E-state index in [4.69, 9.17) is 25.4 Å². The van der Waals surface area contributed by atoms with Gasteiger partial charge in [-0.05, 0) is 84.8 Å². The highest BCUT2D eigenvalue weighted by molar-refractivity contribution is 14.1. The van der Waals surface area contributed by atoms with Crippen molar-refractivity contribution >= 4 is 51.9 Å². The quantitative estimate of drug-likeness (QED) is 0.169. The summed E-state index contributed by atoms with van der Waals surface area (Å²) in [4.78, 5) is 43.9. The second-order valence-corrected chi connectivity index (χ2v) is 11.2. The molecule has 43 heavy (non-hydrogen) atoms. The summed E-state index contributed by atoms with van der Waals surface area (Å²) in [5, 5.41) is 0. The number of terminal acetylenes is 1. The molecule has 0 bridgehead atoms. The van der Waals surface area contributed by atoms with Crippen molar-refractivity contribution in [3.63, 3.8) is 0 Å². The van der Waals surface area contributed by atoms with Gasteiger partial charge in [0, 0.05) is 0 Å². The molecule has 3 aromatic rings. The number of carbonyl (C=O) groups is 2. The van der Waals surface area contributed by atoms with Crippen LogP contribution in [0.2, 0.25) is 0 Å². The van der Waals surface area contributed by atoms with E-state index in [1.807, 2.05) is 19.1 Å². The van der Waals surface area contributed by atoms with Crippen molar-refractivity contribution in [2.24, 2.45) is 4.99 Å². The van der Waals surface area contributed by atoms with Gasteiger partial charge < -0.3 is 23.7 Å². The fraction of sp³-hybridized carbons (Fsp3) is 0.290. The third kappa shape index (κ3) is 7.11. The fourth-order valence-electron chi connectivity index (χ4n) is 4.38. The highest BCUT2D eigenvalue weighted by Crippen LogP contribution is 2.36. The van der Waals surface area contributed by atoms with Crippen molar-refractivity contribution < 1.29 is 33.3 Å². The lowest BCUT2D eigenvalue weighted by atomic mass is 9.95.